The summed E-state index contributed by atoms with van der Waals surface area (Å²) < 4.78 is 35.0. The largest absolute Gasteiger partial charge is 0.697 e. The van der Waals surface area contributed by atoms with Crippen LogP contribution in [-0.2, 0) is 29.8 Å². The molecule has 8 heteroatoms. The van der Waals surface area contributed by atoms with E-state index in [-0.39, 0.29) is 5.97 Å². The van der Waals surface area contributed by atoms with E-state index in [2.05, 4.69) is 9.05 Å². The van der Waals surface area contributed by atoms with Gasteiger partial charge in [-0.15, -0.1) is 9.05 Å². The third-order valence-electron chi connectivity index (χ3n) is 2.78. The van der Waals surface area contributed by atoms with Crippen molar-refractivity contribution in [1.82, 2.24) is 0 Å². The molecule has 1 rings (SSSR count). The molecule has 0 saturated heterocycles. The minimum absolute atomic E-state index is 0.279. The monoisotopic (exact) mass is 389 g/mol. The van der Waals surface area contributed by atoms with Gasteiger partial charge in [0.25, 0.3) is 0 Å². The van der Waals surface area contributed by atoms with E-state index in [9.17, 15) is 9.36 Å². The number of carbonyl (C=O) groups excluding carboxylic acids is 1. The molecule has 26 heavy (non-hydrogen) atoms. The van der Waals surface area contributed by atoms with Crippen LogP contribution < -0.4 is 9.47 Å². The van der Waals surface area contributed by atoms with Gasteiger partial charge in [-0.25, -0.2) is 0 Å². The predicted octanol–water partition coefficient (Wildman–Crippen LogP) is 4.51. The molecule has 0 amide bonds. The molecule has 0 aliphatic heterocycles. The fourth-order valence-electron chi connectivity index (χ4n) is 1.57. The van der Waals surface area contributed by atoms with Crippen molar-refractivity contribution >= 4 is 14.2 Å². The summed E-state index contributed by atoms with van der Waals surface area (Å²) in [6.45, 7) is 10.3. The van der Waals surface area contributed by atoms with Gasteiger partial charge in [0.2, 0.25) is 0 Å². The fourth-order valence-corrected chi connectivity index (χ4v) is 2.06. The lowest BCUT2D eigenvalue weighted by atomic mass is 9.97. The molecular weight excluding hydrogens is 359 g/mol. The van der Waals surface area contributed by atoms with E-state index >= 15 is 0 Å². The van der Waals surface area contributed by atoms with Gasteiger partial charge in [0, 0.05) is 17.7 Å². The van der Waals surface area contributed by atoms with E-state index in [4.69, 9.17) is 14.2 Å². The Kier molecular flexibility index (Phi) is 12.0. The fraction of sp³-hybridized carbons (Fsp3) is 0.611. The molecule has 0 atom stereocenters. The van der Waals surface area contributed by atoms with Crippen LogP contribution in [0.4, 0.5) is 0 Å². The number of rotatable bonds is 8. The SMILES string of the molecule is CCO[P+](=O)OCC.COCc1cc(OC)cc(OC(=O)C(C)(C)C)c1. The van der Waals surface area contributed by atoms with E-state index in [1.807, 2.05) is 26.8 Å². The Labute approximate surface area is 156 Å². The van der Waals surface area contributed by atoms with E-state index in [1.165, 1.54) is 0 Å². The first-order chi connectivity index (χ1) is 12.2. The second kappa shape index (κ2) is 12.8. The van der Waals surface area contributed by atoms with Crippen LogP contribution in [0.25, 0.3) is 0 Å². The van der Waals surface area contributed by atoms with Crippen LogP contribution in [-0.4, -0.2) is 33.4 Å². The predicted molar refractivity (Wildman–Crippen MR) is 99.7 cm³/mol. The molecule has 0 saturated carbocycles. The molecule has 0 aliphatic carbocycles. The molecule has 0 radical (unpaired) electrons. The average molecular weight is 389 g/mol. The highest BCUT2D eigenvalue weighted by Crippen LogP contribution is 2.26. The lowest BCUT2D eigenvalue weighted by Gasteiger charge is -2.17. The molecule has 0 aromatic heterocycles. The van der Waals surface area contributed by atoms with E-state index in [0.717, 1.165) is 5.56 Å². The third kappa shape index (κ3) is 10.5. The Bertz CT molecular complexity index is 559. The number of ether oxygens (including phenoxy) is 3. The number of esters is 1. The molecule has 7 nitrogen and oxygen atoms in total. The summed E-state index contributed by atoms with van der Waals surface area (Å²) in [5, 5.41) is 0. The maximum atomic E-state index is 11.8. The number of hydrogen-bond acceptors (Lipinski definition) is 7. The average Bonchev–Trinajstić information content (AvgIpc) is 2.55. The van der Waals surface area contributed by atoms with Crippen molar-refractivity contribution in [2.45, 2.75) is 41.2 Å². The molecular formula is C18H30O7P+. The number of carbonyl (C=O) groups is 1. The Morgan fingerprint density at radius 2 is 1.54 bits per heavy atom. The molecule has 0 N–H and O–H groups in total. The van der Waals surface area contributed by atoms with E-state index < -0.39 is 13.7 Å². The summed E-state index contributed by atoms with van der Waals surface area (Å²) in [5.41, 5.74) is 0.360. The molecule has 1 aromatic rings. The molecule has 0 heterocycles. The lowest BCUT2D eigenvalue weighted by molar-refractivity contribution is -0.143. The van der Waals surface area contributed by atoms with Crippen molar-refractivity contribution in [3.63, 3.8) is 0 Å². The Hall–Kier alpha value is -1.53. The van der Waals surface area contributed by atoms with Crippen molar-refractivity contribution in [3.8, 4) is 11.5 Å². The number of methoxy groups -OCH3 is 2. The second-order valence-corrected chi connectivity index (χ2v) is 7.11. The number of benzene rings is 1. The molecule has 0 bridgehead atoms. The van der Waals surface area contributed by atoms with Crippen LogP contribution in [0.15, 0.2) is 18.2 Å². The molecule has 148 valence electrons. The van der Waals surface area contributed by atoms with Crippen molar-refractivity contribution < 1.29 is 32.6 Å². The summed E-state index contributed by atoms with van der Waals surface area (Å²) in [5.74, 6) is 0.835. The maximum absolute atomic E-state index is 11.8. The molecule has 0 fully saturated rings. The van der Waals surface area contributed by atoms with Crippen LogP contribution in [0.5, 0.6) is 11.5 Å². The highest BCUT2D eigenvalue weighted by molar-refractivity contribution is 7.33. The first kappa shape index (κ1) is 24.5. The lowest BCUT2D eigenvalue weighted by Crippen LogP contribution is -2.25. The van der Waals surface area contributed by atoms with E-state index in [1.54, 1.807) is 40.2 Å². The van der Waals surface area contributed by atoms with Gasteiger partial charge in [-0.1, -0.05) is 0 Å². The summed E-state index contributed by atoms with van der Waals surface area (Å²) in [6, 6.07) is 5.30. The van der Waals surface area contributed by atoms with Gasteiger partial charge in [-0.2, -0.15) is 0 Å². The van der Waals surface area contributed by atoms with Gasteiger partial charge in [0.15, 0.2) is 0 Å². The third-order valence-corrected chi connectivity index (χ3v) is 3.72. The van der Waals surface area contributed by atoms with Crippen molar-refractivity contribution in [2.24, 2.45) is 5.41 Å². The summed E-state index contributed by atoms with van der Waals surface area (Å²) in [4.78, 5) is 11.8. The Morgan fingerprint density at radius 1 is 1.00 bits per heavy atom. The molecule has 0 unspecified atom stereocenters. The Morgan fingerprint density at radius 3 is 1.96 bits per heavy atom. The normalized spacial score (nSPS) is 10.6. The van der Waals surface area contributed by atoms with Crippen LogP contribution in [0.3, 0.4) is 0 Å². The second-order valence-electron chi connectivity index (χ2n) is 6.15. The van der Waals surface area contributed by atoms with Gasteiger partial charge >= 0.3 is 14.2 Å². The minimum Gasteiger partial charge on any atom is -0.497 e. The zero-order chi connectivity index (χ0) is 20.2. The minimum atomic E-state index is -1.83. The maximum Gasteiger partial charge on any atom is 0.697 e. The first-order valence-electron chi connectivity index (χ1n) is 8.30. The molecule has 0 spiro atoms. The zero-order valence-electron chi connectivity index (χ0n) is 16.7. The Balaban J connectivity index is 0.000000660. The highest BCUT2D eigenvalue weighted by atomic mass is 31.1. The van der Waals surface area contributed by atoms with Gasteiger partial charge in [0.05, 0.1) is 19.1 Å². The van der Waals surface area contributed by atoms with Gasteiger partial charge in [-0.3, -0.25) is 4.79 Å². The van der Waals surface area contributed by atoms with E-state index in [0.29, 0.717) is 31.3 Å². The summed E-state index contributed by atoms with van der Waals surface area (Å²) in [6.07, 6.45) is 0. The topological polar surface area (TPSA) is 80.3 Å². The molecule has 0 aliphatic rings. The van der Waals surface area contributed by atoms with Gasteiger partial charge in [0.1, 0.15) is 24.7 Å². The summed E-state index contributed by atoms with van der Waals surface area (Å²) >= 11 is 0. The summed E-state index contributed by atoms with van der Waals surface area (Å²) in [7, 11) is 1.35. The van der Waals surface area contributed by atoms with Crippen LogP contribution >= 0.6 is 8.25 Å². The standard InChI is InChI=1S/C14H20O4.C4H10O3P/c1-14(2,3)13(15)18-12-7-10(9-16-4)6-11(8-12)17-5;1-3-6-8(5)7-4-2/h6-8H,9H2,1-5H3;3-4H2,1-2H3/q;+1. The van der Waals surface area contributed by atoms with Crippen molar-refractivity contribution in [3.05, 3.63) is 23.8 Å². The highest BCUT2D eigenvalue weighted by Gasteiger charge is 2.24. The number of hydrogen-bond donors (Lipinski definition) is 0. The van der Waals surface area contributed by atoms with Crippen LogP contribution in [0.1, 0.15) is 40.2 Å². The first-order valence-corrected chi connectivity index (χ1v) is 9.39. The zero-order valence-corrected chi connectivity index (χ0v) is 17.6. The molecule has 1 aromatic carbocycles. The van der Waals surface area contributed by atoms with Gasteiger partial charge < -0.3 is 14.2 Å². The van der Waals surface area contributed by atoms with Crippen molar-refractivity contribution in [1.29, 1.82) is 0 Å². The van der Waals surface area contributed by atoms with Crippen LogP contribution in [0.2, 0.25) is 0 Å². The van der Waals surface area contributed by atoms with Gasteiger partial charge in [-0.05, 0) is 52.3 Å². The quantitative estimate of drug-likeness (QED) is 0.368. The van der Waals surface area contributed by atoms with Crippen LogP contribution in [0, 0.1) is 5.41 Å². The van der Waals surface area contributed by atoms with Crippen molar-refractivity contribution in [2.75, 3.05) is 27.4 Å². The smallest absolute Gasteiger partial charge is 0.497 e.